The van der Waals surface area contributed by atoms with Crippen molar-refractivity contribution in [3.8, 4) is 5.75 Å². The molecule has 2 aromatic carbocycles. The van der Waals surface area contributed by atoms with Crippen molar-refractivity contribution in [2.24, 2.45) is 0 Å². The Labute approximate surface area is 176 Å². The summed E-state index contributed by atoms with van der Waals surface area (Å²) >= 11 is 0. The summed E-state index contributed by atoms with van der Waals surface area (Å²) in [4.78, 5) is 17.8. The zero-order chi connectivity index (χ0) is 22.4. The van der Waals surface area contributed by atoms with Crippen molar-refractivity contribution in [3.63, 3.8) is 0 Å². The Morgan fingerprint density at radius 1 is 1.19 bits per heavy atom. The Balaban J connectivity index is 1.48. The highest BCUT2D eigenvalue weighted by atomic mass is 19.4. The van der Waals surface area contributed by atoms with Crippen LogP contribution in [0.2, 0.25) is 0 Å². The predicted molar refractivity (Wildman–Crippen MR) is 107 cm³/mol. The number of nitrogens with zero attached hydrogens (tertiary/aromatic N) is 3. The minimum Gasteiger partial charge on any atom is -0.484 e. The van der Waals surface area contributed by atoms with Gasteiger partial charge in [0.15, 0.2) is 12.4 Å². The summed E-state index contributed by atoms with van der Waals surface area (Å²) in [6.07, 6.45) is -4.17. The van der Waals surface area contributed by atoms with Gasteiger partial charge in [0.05, 0.1) is 5.56 Å². The summed E-state index contributed by atoms with van der Waals surface area (Å²) in [6.45, 7) is 2.31. The van der Waals surface area contributed by atoms with Crippen molar-refractivity contribution in [1.29, 1.82) is 0 Å². The number of aryl methyl sites for hydroxylation is 1. The molecule has 0 aliphatic rings. The molecule has 3 aromatic rings. The van der Waals surface area contributed by atoms with Crippen molar-refractivity contribution in [3.05, 3.63) is 71.4 Å². The second-order valence-corrected chi connectivity index (χ2v) is 6.89. The van der Waals surface area contributed by atoms with E-state index in [9.17, 15) is 18.0 Å². The van der Waals surface area contributed by atoms with E-state index in [0.717, 1.165) is 17.7 Å². The van der Waals surface area contributed by atoms with E-state index in [2.05, 4.69) is 15.5 Å². The van der Waals surface area contributed by atoms with E-state index >= 15 is 0 Å². The molecule has 0 aliphatic heterocycles. The van der Waals surface area contributed by atoms with Crippen LogP contribution in [0.15, 0.2) is 53.1 Å². The number of rotatable bonds is 7. The van der Waals surface area contributed by atoms with Crippen LogP contribution < -0.4 is 10.1 Å². The van der Waals surface area contributed by atoms with Crippen LogP contribution in [0.5, 0.6) is 5.75 Å². The van der Waals surface area contributed by atoms with Gasteiger partial charge in [-0.1, -0.05) is 23.4 Å². The van der Waals surface area contributed by atoms with Gasteiger partial charge >= 0.3 is 12.2 Å². The molecule has 0 saturated heterocycles. The molecule has 3 rings (SSSR count). The molecule has 7 nitrogen and oxygen atoms in total. The van der Waals surface area contributed by atoms with Crippen LogP contribution >= 0.6 is 0 Å². The normalized spacial score (nSPS) is 11.3. The molecule has 31 heavy (non-hydrogen) atoms. The lowest BCUT2D eigenvalue weighted by atomic mass is 10.2. The predicted octanol–water partition coefficient (Wildman–Crippen LogP) is 4.68. The van der Waals surface area contributed by atoms with Gasteiger partial charge in [-0.15, -0.1) is 0 Å². The molecule has 0 atom stereocenters. The fraction of sp³-hybridized carbons (Fsp3) is 0.286. The highest BCUT2D eigenvalue weighted by Gasteiger charge is 2.30. The number of benzene rings is 2. The van der Waals surface area contributed by atoms with E-state index < -0.39 is 17.8 Å². The number of carbonyl (C=O) groups is 1. The van der Waals surface area contributed by atoms with Crippen LogP contribution in [-0.2, 0) is 19.2 Å². The van der Waals surface area contributed by atoms with Crippen LogP contribution in [-0.4, -0.2) is 34.7 Å². The van der Waals surface area contributed by atoms with Gasteiger partial charge in [0.1, 0.15) is 5.75 Å². The third kappa shape index (κ3) is 6.46. The smallest absolute Gasteiger partial charge is 0.416 e. The number of amides is 2. The number of urea groups is 1. The zero-order valence-electron chi connectivity index (χ0n) is 16.9. The second-order valence-electron chi connectivity index (χ2n) is 6.89. The topological polar surface area (TPSA) is 80.5 Å². The van der Waals surface area contributed by atoms with Crippen molar-refractivity contribution in [1.82, 2.24) is 15.0 Å². The van der Waals surface area contributed by atoms with Crippen molar-refractivity contribution in [2.75, 3.05) is 18.9 Å². The maximum atomic E-state index is 12.8. The van der Waals surface area contributed by atoms with Crippen LogP contribution in [0.4, 0.5) is 23.7 Å². The molecule has 0 saturated carbocycles. The molecule has 164 valence electrons. The first kappa shape index (κ1) is 22.1. The Bertz CT molecular complexity index is 1040. The first-order valence-corrected chi connectivity index (χ1v) is 9.41. The van der Waals surface area contributed by atoms with E-state index in [4.69, 9.17) is 9.26 Å². The number of nitrogens with one attached hydrogen (secondary N) is 1. The number of carbonyl (C=O) groups excluding carboxylic acids is 1. The fourth-order valence-corrected chi connectivity index (χ4v) is 2.66. The Morgan fingerprint density at radius 2 is 1.97 bits per heavy atom. The van der Waals surface area contributed by atoms with Crippen molar-refractivity contribution in [2.45, 2.75) is 26.1 Å². The summed E-state index contributed by atoms with van der Waals surface area (Å²) in [5.41, 5.74) is 0.289. The van der Waals surface area contributed by atoms with Gasteiger partial charge in [0, 0.05) is 25.7 Å². The molecule has 2 amide bonds. The molecule has 0 aliphatic carbocycles. The lowest BCUT2D eigenvalue weighted by Crippen LogP contribution is -2.33. The lowest BCUT2D eigenvalue weighted by molar-refractivity contribution is -0.137. The highest BCUT2D eigenvalue weighted by molar-refractivity contribution is 5.89. The Hall–Kier alpha value is -3.56. The Morgan fingerprint density at radius 3 is 2.71 bits per heavy atom. The molecule has 0 spiro atoms. The minimum atomic E-state index is -4.48. The summed E-state index contributed by atoms with van der Waals surface area (Å²) in [5.74, 6) is 1.37. The lowest BCUT2D eigenvalue weighted by Gasteiger charge is -2.17. The second kappa shape index (κ2) is 9.50. The van der Waals surface area contributed by atoms with Crippen LogP contribution in [0.25, 0.3) is 0 Å². The number of alkyl halides is 3. The quantitative estimate of drug-likeness (QED) is 0.584. The largest absolute Gasteiger partial charge is 0.484 e. The molecule has 0 radical (unpaired) electrons. The average Bonchev–Trinajstić information content (AvgIpc) is 3.18. The van der Waals surface area contributed by atoms with Gasteiger partial charge in [0.2, 0.25) is 0 Å². The number of ether oxygens (including phenoxy) is 1. The highest BCUT2D eigenvalue weighted by Crippen LogP contribution is 2.30. The van der Waals surface area contributed by atoms with Crippen LogP contribution in [0.3, 0.4) is 0 Å². The third-order valence-electron chi connectivity index (χ3n) is 4.32. The van der Waals surface area contributed by atoms with Gasteiger partial charge in [-0.2, -0.15) is 18.2 Å². The number of aromatic nitrogens is 2. The maximum Gasteiger partial charge on any atom is 0.416 e. The number of hydrogen-bond acceptors (Lipinski definition) is 5. The fourth-order valence-electron chi connectivity index (χ4n) is 2.66. The first-order valence-electron chi connectivity index (χ1n) is 9.41. The maximum absolute atomic E-state index is 12.8. The standard InChI is InChI=1S/C21H21F3N4O3/c1-14-5-3-8-17(11-14)30-13-19-26-18(27-31-19)9-10-28(2)20(29)25-16-7-4-6-15(12-16)21(22,23)24/h3-8,11-12H,9-10,13H2,1-2H3,(H,25,29). The van der Waals surface area contributed by atoms with Gasteiger partial charge in [0.25, 0.3) is 5.89 Å². The van der Waals surface area contributed by atoms with Crippen molar-refractivity contribution >= 4 is 11.7 Å². The third-order valence-corrected chi connectivity index (χ3v) is 4.32. The number of likely N-dealkylation sites (N-methyl/N-ethyl adjacent to an activating group) is 1. The van der Waals surface area contributed by atoms with E-state index in [1.807, 2.05) is 31.2 Å². The van der Waals surface area contributed by atoms with Crippen molar-refractivity contribution < 1.29 is 27.2 Å². The number of halogens is 3. The molecular weight excluding hydrogens is 413 g/mol. The summed E-state index contributed by atoms with van der Waals surface area (Å²) in [7, 11) is 1.52. The SMILES string of the molecule is Cc1cccc(OCc2nc(CCN(C)C(=O)Nc3cccc(C(F)(F)F)c3)no2)c1. The Kier molecular flexibility index (Phi) is 6.78. The molecule has 1 aromatic heterocycles. The monoisotopic (exact) mass is 434 g/mol. The molecule has 0 unspecified atom stereocenters. The van der Waals surface area contributed by atoms with E-state index in [1.54, 1.807) is 0 Å². The average molecular weight is 434 g/mol. The van der Waals surface area contributed by atoms with Gasteiger partial charge in [-0.3, -0.25) is 0 Å². The molecule has 1 heterocycles. The molecule has 1 N–H and O–H groups in total. The molecule has 0 bridgehead atoms. The van der Waals surface area contributed by atoms with Gasteiger partial charge in [-0.25, -0.2) is 4.79 Å². The summed E-state index contributed by atoms with van der Waals surface area (Å²) in [6, 6.07) is 11.4. The minimum absolute atomic E-state index is 0.0572. The number of anilines is 1. The van der Waals surface area contributed by atoms with Crippen LogP contribution in [0, 0.1) is 6.92 Å². The van der Waals surface area contributed by atoms with E-state index in [-0.39, 0.29) is 18.8 Å². The van der Waals surface area contributed by atoms with E-state index in [0.29, 0.717) is 23.9 Å². The van der Waals surface area contributed by atoms with E-state index in [1.165, 1.54) is 24.1 Å². The zero-order valence-corrected chi connectivity index (χ0v) is 16.9. The van der Waals surface area contributed by atoms with Gasteiger partial charge in [-0.05, 0) is 42.8 Å². The van der Waals surface area contributed by atoms with Crippen LogP contribution in [0.1, 0.15) is 22.8 Å². The number of hydrogen-bond donors (Lipinski definition) is 1. The first-order chi connectivity index (χ1) is 14.7. The molecule has 0 fully saturated rings. The summed E-state index contributed by atoms with van der Waals surface area (Å²) in [5, 5.41) is 6.29. The molecular formula is C21H21F3N4O3. The van der Waals surface area contributed by atoms with Gasteiger partial charge < -0.3 is 19.5 Å². The summed E-state index contributed by atoms with van der Waals surface area (Å²) < 4.78 is 49.1. The molecule has 10 heteroatoms.